The van der Waals surface area contributed by atoms with Gasteiger partial charge in [0.2, 0.25) is 0 Å². The SMILES string of the molecule is Cc1c(CN[C@H](C)c2ccccc2F)cnn1C. The Morgan fingerprint density at radius 1 is 1.39 bits per heavy atom. The van der Waals surface area contributed by atoms with Crippen LogP contribution in [0.25, 0.3) is 0 Å². The molecule has 96 valence electrons. The molecule has 1 aromatic carbocycles. The molecule has 0 bridgehead atoms. The van der Waals surface area contributed by atoms with Crippen LogP contribution in [0.15, 0.2) is 30.5 Å². The molecule has 0 unspecified atom stereocenters. The van der Waals surface area contributed by atoms with Gasteiger partial charge >= 0.3 is 0 Å². The van der Waals surface area contributed by atoms with Gasteiger partial charge in [-0.15, -0.1) is 0 Å². The van der Waals surface area contributed by atoms with E-state index in [-0.39, 0.29) is 11.9 Å². The molecule has 2 aromatic rings. The van der Waals surface area contributed by atoms with Crippen molar-refractivity contribution in [3.05, 3.63) is 53.1 Å². The van der Waals surface area contributed by atoms with Crippen molar-refractivity contribution in [2.45, 2.75) is 26.4 Å². The fraction of sp³-hybridized carbons (Fsp3) is 0.357. The number of hydrogen-bond acceptors (Lipinski definition) is 2. The van der Waals surface area contributed by atoms with E-state index in [0.717, 1.165) is 11.3 Å². The van der Waals surface area contributed by atoms with Gasteiger partial charge in [-0.05, 0) is 19.9 Å². The summed E-state index contributed by atoms with van der Waals surface area (Å²) in [6, 6.07) is 6.83. The second-order valence-electron chi connectivity index (χ2n) is 4.50. The summed E-state index contributed by atoms with van der Waals surface area (Å²) in [5.74, 6) is -0.166. The standard InChI is InChI=1S/C14H18FN3/c1-10(13-6-4-5-7-14(13)15)16-8-12-9-17-18(3)11(12)2/h4-7,9-10,16H,8H2,1-3H3/t10-/m1/s1. The molecule has 0 aliphatic rings. The highest BCUT2D eigenvalue weighted by Crippen LogP contribution is 2.17. The van der Waals surface area contributed by atoms with Gasteiger partial charge in [0.25, 0.3) is 0 Å². The topological polar surface area (TPSA) is 29.9 Å². The molecule has 1 atom stereocenters. The molecule has 18 heavy (non-hydrogen) atoms. The van der Waals surface area contributed by atoms with Crippen LogP contribution < -0.4 is 5.32 Å². The molecular formula is C14H18FN3. The maximum atomic E-state index is 13.6. The van der Waals surface area contributed by atoms with E-state index in [1.807, 2.05) is 43.9 Å². The van der Waals surface area contributed by atoms with Crippen LogP contribution in [-0.4, -0.2) is 9.78 Å². The number of nitrogens with zero attached hydrogens (tertiary/aromatic N) is 2. The average molecular weight is 247 g/mol. The third-order valence-electron chi connectivity index (χ3n) is 3.31. The largest absolute Gasteiger partial charge is 0.306 e. The minimum absolute atomic E-state index is 0.0224. The molecule has 4 heteroatoms. The number of hydrogen-bond donors (Lipinski definition) is 1. The Bertz CT molecular complexity index is 534. The quantitative estimate of drug-likeness (QED) is 0.900. The molecule has 1 N–H and O–H groups in total. The molecule has 0 aliphatic heterocycles. The van der Waals surface area contributed by atoms with E-state index in [1.165, 1.54) is 6.07 Å². The minimum Gasteiger partial charge on any atom is -0.306 e. The summed E-state index contributed by atoms with van der Waals surface area (Å²) in [5.41, 5.74) is 2.96. The van der Waals surface area contributed by atoms with Crippen molar-refractivity contribution < 1.29 is 4.39 Å². The minimum atomic E-state index is -0.166. The lowest BCUT2D eigenvalue weighted by Crippen LogP contribution is -2.19. The van der Waals surface area contributed by atoms with Crippen LogP contribution in [0.5, 0.6) is 0 Å². The summed E-state index contributed by atoms with van der Waals surface area (Å²) in [7, 11) is 1.92. The van der Waals surface area contributed by atoms with Gasteiger partial charge < -0.3 is 5.32 Å². The Hall–Kier alpha value is -1.68. The number of aryl methyl sites for hydroxylation is 1. The molecule has 3 nitrogen and oxygen atoms in total. The van der Waals surface area contributed by atoms with Crippen LogP contribution in [-0.2, 0) is 13.6 Å². The molecule has 2 rings (SSSR count). The van der Waals surface area contributed by atoms with Crippen LogP contribution in [0.1, 0.15) is 29.8 Å². The molecule has 0 fully saturated rings. The van der Waals surface area contributed by atoms with Gasteiger partial charge in [0.1, 0.15) is 5.82 Å². The first kappa shape index (κ1) is 12.8. The van der Waals surface area contributed by atoms with Crippen LogP contribution in [0.3, 0.4) is 0 Å². The Balaban J connectivity index is 2.03. The summed E-state index contributed by atoms with van der Waals surface area (Å²) in [6.07, 6.45) is 1.84. The second-order valence-corrected chi connectivity index (χ2v) is 4.50. The van der Waals surface area contributed by atoms with E-state index >= 15 is 0 Å². The fourth-order valence-electron chi connectivity index (χ4n) is 1.92. The van der Waals surface area contributed by atoms with Crippen molar-refractivity contribution in [2.24, 2.45) is 7.05 Å². The zero-order chi connectivity index (χ0) is 13.1. The van der Waals surface area contributed by atoms with Crippen LogP contribution >= 0.6 is 0 Å². The maximum absolute atomic E-state index is 13.6. The zero-order valence-electron chi connectivity index (χ0n) is 10.9. The second kappa shape index (κ2) is 5.31. The van der Waals surface area contributed by atoms with Gasteiger partial charge in [0, 0.05) is 36.5 Å². The van der Waals surface area contributed by atoms with Gasteiger partial charge in [-0.25, -0.2) is 4.39 Å². The highest BCUT2D eigenvalue weighted by atomic mass is 19.1. The number of halogens is 1. The van der Waals surface area contributed by atoms with Gasteiger partial charge in [-0.3, -0.25) is 4.68 Å². The highest BCUT2D eigenvalue weighted by molar-refractivity contribution is 5.21. The molecule has 1 aromatic heterocycles. The summed E-state index contributed by atoms with van der Waals surface area (Å²) in [4.78, 5) is 0. The summed E-state index contributed by atoms with van der Waals surface area (Å²) >= 11 is 0. The number of nitrogens with one attached hydrogen (secondary N) is 1. The number of benzene rings is 1. The van der Waals surface area contributed by atoms with Crippen molar-refractivity contribution in [1.29, 1.82) is 0 Å². The highest BCUT2D eigenvalue weighted by Gasteiger charge is 2.11. The summed E-state index contributed by atoms with van der Waals surface area (Å²) in [5, 5.41) is 7.50. The lowest BCUT2D eigenvalue weighted by atomic mass is 10.1. The van der Waals surface area contributed by atoms with E-state index in [9.17, 15) is 4.39 Å². The Kier molecular flexibility index (Phi) is 3.77. The van der Waals surface area contributed by atoms with Crippen molar-refractivity contribution in [1.82, 2.24) is 15.1 Å². The van der Waals surface area contributed by atoms with E-state index in [0.29, 0.717) is 12.1 Å². The maximum Gasteiger partial charge on any atom is 0.127 e. The first-order valence-electron chi connectivity index (χ1n) is 6.05. The summed E-state index contributed by atoms with van der Waals surface area (Å²) < 4.78 is 15.4. The average Bonchev–Trinajstić information content (AvgIpc) is 2.68. The molecule has 0 radical (unpaired) electrons. The third-order valence-corrected chi connectivity index (χ3v) is 3.31. The lowest BCUT2D eigenvalue weighted by molar-refractivity contribution is 0.527. The Morgan fingerprint density at radius 3 is 2.72 bits per heavy atom. The van der Waals surface area contributed by atoms with Crippen LogP contribution in [0.4, 0.5) is 4.39 Å². The molecule has 0 saturated carbocycles. The smallest absolute Gasteiger partial charge is 0.127 e. The molecule has 0 aliphatic carbocycles. The molecule has 0 saturated heterocycles. The molecule has 1 heterocycles. The predicted molar refractivity (Wildman–Crippen MR) is 69.6 cm³/mol. The number of aromatic nitrogens is 2. The lowest BCUT2D eigenvalue weighted by Gasteiger charge is -2.14. The predicted octanol–water partition coefficient (Wildman–Crippen LogP) is 2.72. The van der Waals surface area contributed by atoms with Gasteiger partial charge in [-0.2, -0.15) is 5.10 Å². The number of rotatable bonds is 4. The van der Waals surface area contributed by atoms with Crippen molar-refractivity contribution in [2.75, 3.05) is 0 Å². The van der Waals surface area contributed by atoms with Gasteiger partial charge in [0.05, 0.1) is 6.20 Å². The third kappa shape index (κ3) is 2.59. The van der Waals surface area contributed by atoms with E-state index in [1.54, 1.807) is 6.07 Å². The van der Waals surface area contributed by atoms with E-state index in [4.69, 9.17) is 0 Å². The monoisotopic (exact) mass is 247 g/mol. The fourth-order valence-corrected chi connectivity index (χ4v) is 1.92. The first-order chi connectivity index (χ1) is 8.59. The Morgan fingerprint density at radius 2 is 2.11 bits per heavy atom. The molecule has 0 spiro atoms. The first-order valence-corrected chi connectivity index (χ1v) is 6.05. The van der Waals surface area contributed by atoms with E-state index < -0.39 is 0 Å². The van der Waals surface area contributed by atoms with Crippen molar-refractivity contribution in [3.8, 4) is 0 Å². The van der Waals surface area contributed by atoms with Gasteiger partial charge in [0.15, 0.2) is 0 Å². The Labute approximate surface area is 107 Å². The van der Waals surface area contributed by atoms with Crippen molar-refractivity contribution >= 4 is 0 Å². The zero-order valence-corrected chi connectivity index (χ0v) is 10.9. The van der Waals surface area contributed by atoms with Crippen molar-refractivity contribution in [3.63, 3.8) is 0 Å². The van der Waals surface area contributed by atoms with Crippen LogP contribution in [0, 0.1) is 12.7 Å². The summed E-state index contributed by atoms with van der Waals surface area (Å²) in [6.45, 7) is 4.68. The van der Waals surface area contributed by atoms with Crippen LogP contribution in [0.2, 0.25) is 0 Å². The molecule has 0 amide bonds. The van der Waals surface area contributed by atoms with E-state index in [2.05, 4.69) is 10.4 Å². The van der Waals surface area contributed by atoms with Gasteiger partial charge in [-0.1, -0.05) is 18.2 Å². The molecular weight excluding hydrogens is 229 g/mol. The normalized spacial score (nSPS) is 12.7.